The van der Waals surface area contributed by atoms with E-state index < -0.39 is 0 Å². The summed E-state index contributed by atoms with van der Waals surface area (Å²) >= 11 is 9.79. The van der Waals surface area contributed by atoms with Crippen molar-refractivity contribution in [2.24, 2.45) is 0 Å². The average Bonchev–Trinajstić information content (AvgIpc) is 3.28. The van der Waals surface area contributed by atoms with Gasteiger partial charge in [0, 0.05) is 34.7 Å². The standard InChI is InChI=1S/C16H22BrClN2/c17-16-7-4-13(18)9-12(16)10-20(15-5-6-15)11-14-3-1-2-8-19-14/h4,7,9,14-15,19H,1-3,5-6,8,10-11H2. The van der Waals surface area contributed by atoms with E-state index in [9.17, 15) is 0 Å². The third-order valence-corrected chi connectivity index (χ3v) is 5.32. The number of hydrogen-bond acceptors (Lipinski definition) is 2. The predicted molar refractivity (Wildman–Crippen MR) is 88.2 cm³/mol. The normalized spacial score (nSPS) is 23.2. The molecule has 4 heteroatoms. The van der Waals surface area contributed by atoms with Crippen LogP contribution in [0.2, 0.25) is 5.02 Å². The largest absolute Gasteiger partial charge is 0.313 e. The number of hydrogen-bond donors (Lipinski definition) is 1. The number of halogens is 2. The van der Waals surface area contributed by atoms with Crippen molar-refractivity contribution in [3.05, 3.63) is 33.3 Å². The Morgan fingerprint density at radius 1 is 1.25 bits per heavy atom. The lowest BCUT2D eigenvalue weighted by atomic mass is 10.0. The molecule has 1 saturated carbocycles. The van der Waals surface area contributed by atoms with Crippen LogP contribution in [0.25, 0.3) is 0 Å². The molecule has 0 amide bonds. The molecular weight excluding hydrogens is 336 g/mol. The van der Waals surface area contributed by atoms with Crippen LogP contribution in [0.15, 0.2) is 22.7 Å². The van der Waals surface area contributed by atoms with E-state index in [1.54, 1.807) is 0 Å². The van der Waals surface area contributed by atoms with Gasteiger partial charge in [0.25, 0.3) is 0 Å². The first-order valence-electron chi connectivity index (χ1n) is 7.64. The molecule has 0 spiro atoms. The Labute approximate surface area is 135 Å². The van der Waals surface area contributed by atoms with Gasteiger partial charge < -0.3 is 5.32 Å². The van der Waals surface area contributed by atoms with Crippen molar-refractivity contribution >= 4 is 27.5 Å². The summed E-state index contributed by atoms with van der Waals surface area (Å²) in [4.78, 5) is 2.64. The molecule has 1 heterocycles. The first kappa shape index (κ1) is 14.8. The second-order valence-corrected chi connectivity index (χ2v) is 7.33. The monoisotopic (exact) mass is 356 g/mol. The van der Waals surface area contributed by atoms with E-state index in [0.29, 0.717) is 6.04 Å². The van der Waals surface area contributed by atoms with Gasteiger partial charge in [-0.1, -0.05) is 34.0 Å². The molecule has 1 N–H and O–H groups in total. The number of nitrogens with one attached hydrogen (secondary N) is 1. The number of nitrogens with zero attached hydrogens (tertiary/aromatic N) is 1. The zero-order valence-electron chi connectivity index (χ0n) is 11.7. The maximum atomic E-state index is 6.14. The van der Waals surface area contributed by atoms with Crippen LogP contribution < -0.4 is 5.32 Å². The Balaban J connectivity index is 1.66. The quantitative estimate of drug-likeness (QED) is 0.849. The summed E-state index contributed by atoms with van der Waals surface area (Å²) in [5.74, 6) is 0. The SMILES string of the molecule is Clc1ccc(Br)c(CN(CC2CCCCN2)C2CC2)c1. The molecule has 1 aliphatic heterocycles. The molecule has 1 aliphatic carbocycles. The topological polar surface area (TPSA) is 15.3 Å². The molecule has 0 bridgehead atoms. The predicted octanol–water partition coefficient (Wildman–Crippen LogP) is 4.21. The summed E-state index contributed by atoms with van der Waals surface area (Å²) in [6.45, 7) is 3.36. The molecule has 2 nitrogen and oxygen atoms in total. The maximum Gasteiger partial charge on any atom is 0.0410 e. The van der Waals surface area contributed by atoms with Gasteiger partial charge >= 0.3 is 0 Å². The Morgan fingerprint density at radius 2 is 2.10 bits per heavy atom. The smallest absolute Gasteiger partial charge is 0.0410 e. The van der Waals surface area contributed by atoms with Crippen LogP contribution in [-0.2, 0) is 6.54 Å². The van der Waals surface area contributed by atoms with Crippen molar-refractivity contribution in [2.75, 3.05) is 13.1 Å². The van der Waals surface area contributed by atoms with Crippen LogP contribution in [0.5, 0.6) is 0 Å². The minimum Gasteiger partial charge on any atom is -0.313 e. The van der Waals surface area contributed by atoms with Crippen LogP contribution in [0.3, 0.4) is 0 Å². The lowest BCUT2D eigenvalue weighted by molar-refractivity contribution is 0.208. The fourth-order valence-corrected chi connectivity index (χ4v) is 3.60. The van der Waals surface area contributed by atoms with Gasteiger partial charge in [-0.15, -0.1) is 0 Å². The van der Waals surface area contributed by atoms with E-state index in [4.69, 9.17) is 11.6 Å². The lowest BCUT2D eigenvalue weighted by Crippen LogP contribution is -2.44. The summed E-state index contributed by atoms with van der Waals surface area (Å²) in [6, 6.07) is 7.54. The second kappa shape index (κ2) is 6.78. The zero-order valence-corrected chi connectivity index (χ0v) is 14.1. The zero-order chi connectivity index (χ0) is 13.9. The molecule has 2 fully saturated rings. The first-order chi connectivity index (χ1) is 9.72. The highest BCUT2D eigenvalue weighted by Crippen LogP contribution is 2.31. The van der Waals surface area contributed by atoms with Crippen LogP contribution in [0.1, 0.15) is 37.7 Å². The molecule has 1 atom stereocenters. The average molecular weight is 358 g/mol. The van der Waals surface area contributed by atoms with Gasteiger partial charge in [-0.25, -0.2) is 0 Å². The fraction of sp³-hybridized carbons (Fsp3) is 0.625. The van der Waals surface area contributed by atoms with Crippen molar-refractivity contribution in [1.29, 1.82) is 0 Å². The van der Waals surface area contributed by atoms with Crippen LogP contribution >= 0.6 is 27.5 Å². The van der Waals surface area contributed by atoms with Gasteiger partial charge in [-0.3, -0.25) is 4.90 Å². The maximum absolute atomic E-state index is 6.14. The molecule has 1 saturated heterocycles. The fourth-order valence-electron chi connectivity index (χ4n) is 3.03. The Kier molecular flexibility index (Phi) is 5.03. The summed E-state index contributed by atoms with van der Waals surface area (Å²) in [6.07, 6.45) is 6.73. The van der Waals surface area contributed by atoms with Crippen LogP contribution in [0.4, 0.5) is 0 Å². The molecule has 1 unspecified atom stereocenters. The first-order valence-corrected chi connectivity index (χ1v) is 8.81. The Bertz CT molecular complexity index is 456. The number of benzene rings is 1. The van der Waals surface area contributed by atoms with Gasteiger partial charge in [0.15, 0.2) is 0 Å². The van der Waals surface area contributed by atoms with Crippen molar-refractivity contribution in [3.63, 3.8) is 0 Å². The minimum absolute atomic E-state index is 0.669. The lowest BCUT2D eigenvalue weighted by Gasteiger charge is -2.31. The summed E-state index contributed by atoms with van der Waals surface area (Å²) in [5.41, 5.74) is 1.31. The van der Waals surface area contributed by atoms with Gasteiger partial charge in [-0.2, -0.15) is 0 Å². The van der Waals surface area contributed by atoms with Crippen LogP contribution in [-0.4, -0.2) is 30.1 Å². The highest BCUT2D eigenvalue weighted by Gasteiger charge is 2.31. The van der Waals surface area contributed by atoms with E-state index in [-0.39, 0.29) is 0 Å². The van der Waals surface area contributed by atoms with Crippen LogP contribution in [0, 0.1) is 0 Å². The van der Waals surface area contributed by atoms with Gasteiger partial charge in [0.1, 0.15) is 0 Å². The Hall–Kier alpha value is -0.0900. The van der Waals surface area contributed by atoms with Crippen molar-refractivity contribution < 1.29 is 0 Å². The molecule has 0 aromatic heterocycles. The van der Waals surface area contributed by atoms with Gasteiger partial charge in [0.2, 0.25) is 0 Å². The highest BCUT2D eigenvalue weighted by molar-refractivity contribution is 9.10. The van der Waals surface area contributed by atoms with E-state index in [2.05, 4.69) is 38.3 Å². The number of piperidine rings is 1. The molecule has 2 aliphatic rings. The molecule has 20 heavy (non-hydrogen) atoms. The molecule has 3 rings (SSSR count). The van der Waals surface area contributed by atoms with Gasteiger partial charge in [-0.05, 0) is 56.0 Å². The molecule has 1 aromatic carbocycles. The van der Waals surface area contributed by atoms with Gasteiger partial charge in [0.05, 0.1) is 0 Å². The third-order valence-electron chi connectivity index (χ3n) is 4.31. The minimum atomic E-state index is 0.669. The van der Waals surface area contributed by atoms with E-state index in [0.717, 1.165) is 17.6 Å². The van der Waals surface area contributed by atoms with E-state index in [1.807, 2.05) is 6.07 Å². The van der Waals surface area contributed by atoms with Crippen molar-refractivity contribution in [3.8, 4) is 0 Å². The Morgan fingerprint density at radius 3 is 2.80 bits per heavy atom. The van der Waals surface area contributed by atoms with Crippen molar-refractivity contribution in [1.82, 2.24) is 10.2 Å². The molecule has 1 aromatic rings. The summed E-state index contributed by atoms with van der Waals surface area (Å²) < 4.78 is 1.17. The van der Waals surface area contributed by atoms with E-state index in [1.165, 1.54) is 55.2 Å². The summed E-state index contributed by atoms with van der Waals surface area (Å²) in [5, 5.41) is 4.49. The summed E-state index contributed by atoms with van der Waals surface area (Å²) in [7, 11) is 0. The molecule has 110 valence electrons. The highest BCUT2D eigenvalue weighted by atomic mass is 79.9. The number of rotatable bonds is 5. The van der Waals surface area contributed by atoms with E-state index >= 15 is 0 Å². The second-order valence-electron chi connectivity index (χ2n) is 6.04. The third kappa shape index (κ3) is 3.97. The van der Waals surface area contributed by atoms with Crippen molar-refractivity contribution in [2.45, 2.75) is 50.7 Å². The molecule has 0 radical (unpaired) electrons. The molecular formula is C16H22BrClN2.